The molecular weight excluding hydrogens is 300 g/mol. The molecule has 136 valence electrons. The molecule has 24 heavy (non-hydrogen) atoms. The summed E-state index contributed by atoms with van der Waals surface area (Å²) < 4.78 is 5.09. The number of hydrogen-bond donors (Lipinski definition) is 2. The highest BCUT2D eigenvalue weighted by molar-refractivity contribution is 5.79. The number of benzene rings is 1. The molecule has 0 saturated carbocycles. The molecule has 0 saturated heterocycles. The minimum atomic E-state index is 0.408. The van der Waals surface area contributed by atoms with Crippen molar-refractivity contribution < 1.29 is 4.74 Å². The molecule has 0 aromatic heterocycles. The maximum Gasteiger partial charge on any atom is 0.191 e. The van der Waals surface area contributed by atoms with Crippen molar-refractivity contribution in [3.05, 3.63) is 35.4 Å². The van der Waals surface area contributed by atoms with Crippen LogP contribution < -0.4 is 10.6 Å². The van der Waals surface area contributed by atoms with E-state index in [9.17, 15) is 0 Å². The van der Waals surface area contributed by atoms with Gasteiger partial charge in [0, 0.05) is 45.8 Å². The first-order chi connectivity index (χ1) is 11.6. The zero-order valence-corrected chi connectivity index (χ0v) is 15.9. The maximum absolute atomic E-state index is 5.09. The molecule has 1 unspecified atom stereocenters. The van der Waals surface area contributed by atoms with E-state index >= 15 is 0 Å². The average molecular weight is 335 g/mol. The van der Waals surface area contributed by atoms with E-state index in [1.54, 1.807) is 7.11 Å². The number of likely N-dealkylation sites (N-methyl/N-ethyl adjacent to an activating group) is 1. The van der Waals surface area contributed by atoms with Gasteiger partial charge in [0.25, 0.3) is 0 Å². The van der Waals surface area contributed by atoms with Crippen molar-refractivity contribution in [2.45, 2.75) is 26.7 Å². The second kappa shape index (κ2) is 11.9. The molecule has 1 aromatic carbocycles. The molecule has 0 amide bonds. The average Bonchev–Trinajstić information content (AvgIpc) is 2.58. The normalized spacial score (nSPS) is 13.2. The van der Waals surface area contributed by atoms with Gasteiger partial charge in [0.05, 0.1) is 6.61 Å². The van der Waals surface area contributed by atoms with Gasteiger partial charge < -0.3 is 20.3 Å². The van der Waals surface area contributed by atoms with Gasteiger partial charge in [0.15, 0.2) is 5.96 Å². The molecule has 0 spiro atoms. The van der Waals surface area contributed by atoms with Gasteiger partial charge in [-0.2, -0.15) is 0 Å². The van der Waals surface area contributed by atoms with Gasteiger partial charge in [0.2, 0.25) is 0 Å². The first kappa shape index (κ1) is 20.5. The van der Waals surface area contributed by atoms with Crippen molar-refractivity contribution in [2.75, 3.05) is 53.5 Å². The van der Waals surface area contributed by atoms with Crippen molar-refractivity contribution in [1.29, 1.82) is 0 Å². The van der Waals surface area contributed by atoms with Gasteiger partial charge in [-0.05, 0) is 26.5 Å². The van der Waals surface area contributed by atoms with Crippen LogP contribution in [0.2, 0.25) is 0 Å². The zero-order valence-electron chi connectivity index (χ0n) is 15.9. The fourth-order valence-electron chi connectivity index (χ4n) is 2.29. The summed E-state index contributed by atoms with van der Waals surface area (Å²) in [5.41, 5.74) is 2.63. The van der Waals surface area contributed by atoms with Crippen LogP contribution in [0, 0.1) is 6.92 Å². The summed E-state index contributed by atoms with van der Waals surface area (Å²) >= 11 is 0. The lowest BCUT2D eigenvalue weighted by atomic mass is 10.0. The minimum absolute atomic E-state index is 0.408. The summed E-state index contributed by atoms with van der Waals surface area (Å²) in [4.78, 5) is 6.97. The summed E-state index contributed by atoms with van der Waals surface area (Å²) in [5.74, 6) is 1.29. The van der Waals surface area contributed by atoms with E-state index in [0.717, 1.165) is 45.3 Å². The van der Waals surface area contributed by atoms with Crippen molar-refractivity contribution in [1.82, 2.24) is 15.5 Å². The van der Waals surface area contributed by atoms with Crippen LogP contribution >= 0.6 is 0 Å². The molecule has 0 aliphatic rings. The molecule has 5 heteroatoms. The van der Waals surface area contributed by atoms with E-state index in [1.807, 2.05) is 0 Å². The second-order valence-corrected chi connectivity index (χ2v) is 6.25. The highest BCUT2D eigenvalue weighted by Gasteiger charge is 2.06. The van der Waals surface area contributed by atoms with Crippen LogP contribution in [0.5, 0.6) is 0 Å². The van der Waals surface area contributed by atoms with Crippen LogP contribution in [0.4, 0.5) is 0 Å². The Morgan fingerprint density at radius 3 is 2.54 bits per heavy atom. The van der Waals surface area contributed by atoms with Gasteiger partial charge in [-0.1, -0.05) is 36.8 Å². The van der Waals surface area contributed by atoms with Crippen molar-refractivity contribution in [3.63, 3.8) is 0 Å². The zero-order chi connectivity index (χ0) is 17.8. The molecule has 1 atom stereocenters. The van der Waals surface area contributed by atoms with Crippen LogP contribution in [0.1, 0.15) is 30.9 Å². The van der Waals surface area contributed by atoms with E-state index in [1.165, 1.54) is 11.1 Å². The van der Waals surface area contributed by atoms with Crippen LogP contribution in [-0.2, 0) is 4.74 Å². The first-order valence-electron chi connectivity index (χ1n) is 8.83. The second-order valence-electron chi connectivity index (χ2n) is 6.25. The molecule has 0 heterocycles. The quantitative estimate of drug-likeness (QED) is 0.509. The number of aliphatic imine (C=N–C) groups is 1. The number of guanidine groups is 1. The number of methoxy groups -OCH3 is 1. The number of aryl methyl sites for hydroxylation is 1. The molecule has 5 nitrogen and oxygen atoms in total. The predicted molar refractivity (Wildman–Crippen MR) is 103 cm³/mol. The van der Waals surface area contributed by atoms with Gasteiger partial charge >= 0.3 is 0 Å². The van der Waals surface area contributed by atoms with E-state index < -0.39 is 0 Å². The summed E-state index contributed by atoms with van der Waals surface area (Å²) in [5, 5.41) is 6.71. The Morgan fingerprint density at radius 1 is 1.21 bits per heavy atom. The highest BCUT2D eigenvalue weighted by Crippen LogP contribution is 2.15. The summed E-state index contributed by atoms with van der Waals surface area (Å²) in [7, 11) is 3.83. The standard InChI is InChI=1S/C19H34N4O/c1-6-20-19(21-11-12-23(4)13-14-24-5)22-15-17(3)18-9-7-16(2)8-10-18/h7-10,17H,6,11-15H2,1-5H3,(H2,20,21,22). The van der Waals surface area contributed by atoms with Crippen LogP contribution in [0.3, 0.4) is 0 Å². The van der Waals surface area contributed by atoms with Crippen molar-refractivity contribution in [3.8, 4) is 0 Å². The molecule has 1 aromatic rings. The van der Waals surface area contributed by atoms with E-state index in [2.05, 4.69) is 67.6 Å². The monoisotopic (exact) mass is 334 g/mol. The molecule has 0 aliphatic heterocycles. The summed E-state index contributed by atoms with van der Waals surface area (Å²) in [6.45, 7) is 11.6. The summed E-state index contributed by atoms with van der Waals surface area (Å²) in [6, 6.07) is 8.71. The van der Waals surface area contributed by atoms with E-state index in [0.29, 0.717) is 5.92 Å². The minimum Gasteiger partial charge on any atom is -0.383 e. The van der Waals surface area contributed by atoms with Crippen LogP contribution in [0.25, 0.3) is 0 Å². The van der Waals surface area contributed by atoms with E-state index in [-0.39, 0.29) is 0 Å². The lowest BCUT2D eigenvalue weighted by molar-refractivity contribution is 0.162. The number of rotatable bonds is 10. The number of nitrogens with one attached hydrogen (secondary N) is 2. The Hall–Kier alpha value is -1.59. The smallest absolute Gasteiger partial charge is 0.191 e. The third-order valence-electron chi connectivity index (χ3n) is 3.98. The molecule has 0 fully saturated rings. The van der Waals surface area contributed by atoms with Gasteiger partial charge in [-0.25, -0.2) is 0 Å². The van der Waals surface area contributed by atoms with Gasteiger partial charge in [0.1, 0.15) is 0 Å². The third kappa shape index (κ3) is 8.31. The molecule has 0 bridgehead atoms. The molecule has 0 aliphatic carbocycles. The molecule has 1 rings (SSSR count). The number of hydrogen-bond acceptors (Lipinski definition) is 3. The Labute approximate surface area is 147 Å². The lowest BCUT2D eigenvalue weighted by Crippen LogP contribution is -2.41. The van der Waals surface area contributed by atoms with E-state index in [4.69, 9.17) is 9.73 Å². The van der Waals surface area contributed by atoms with Crippen molar-refractivity contribution >= 4 is 5.96 Å². The number of ether oxygens (including phenoxy) is 1. The Morgan fingerprint density at radius 2 is 1.92 bits per heavy atom. The van der Waals surface area contributed by atoms with Crippen molar-refractivity contribution in [2.24, 2.45) is 4.99 Å². The Bertz CT molecular complexity index is 473. The predicted octanol–water partition coefficient (Wildman–Crippen LogP) is 2.23. The topological polar surface area (TPSA) is 48.9 Å². The Kier molecular flexibility index (Phi) is 10.1. The van der Waals surface area contributed by atoms with Gasteiger partial charge in [-0.15, -0.1) is 0 Å². The molecular formula is C19H34N4O. The Balaban J connectivity index is 2.45. The van der Waals surface area contributed by atoms with Crippen LogP contribution in [-0.4, -0.2) is 64.3 Å². The highest BCUT2D eigenvalue weighted by atomic mass is 16.5. The molecule has 0 radical (unpaired) electrons. The fourth-order valence-corrected chi connectivity index (χ4v) is 2.29. The lowest BCUT2D eigenvalue weighted by Gasteiger charge is -2.18. The number of nitrogens with zero attached hydrogens (tertiary/aromatic N) is 2. The molecule has 2 N–H and O–H groups in total. The summed E-state index contributed by atoms with van der Waals surface area (Å²) in [6.07, 6.45) is 0. The maximum atomic E-state index is 5.09. The van der Waals surface area contributed by atoms with Crippen LogP contribution in [0.15, 0.2) is 29.3 Å². The first-order valence-corrected chi connectivity index (χ1v) is 8.83. The third-order valence-corrected chi connectivity index (χ3v) is 3.98. The SMILES string of the molecule is CCNC(=NCC(C)c1ccc(C)cc1)NCCN(C)CCOC. The fraction of sp³-hybridized carbons (Fsp3) is 0.632. The largest absolute Gasteiger partial charge is 0.383 e. The van der Waals surface area contributed by atoms with Gasteiger partial charge in [-0.3, -0.25) is 4.99 Å².